The smallest absolute Gasteiger partial charge is 0.319 e. The maximum atomic E-state index is 12.9. The van der Waals surface area contributed by atoms with Gasteiger partial charge in [-0.15, -0.1) is 0 Å². The molecule has 1 aliphatic heterocycles. The summed E-state index contributed by atoms with van der Waals surface area (Å²) < 4.78 is 54.6. The average molecular weight is 418 g/mol. The van der Waals surface area contributed by atoms with Crippen molar-refractivity contribution in [1.82, 2.24) is 5.32 Å². The Labute approximate surface area is 158 Å². The fourth-order valence-electron chi connectivity index (χ4n) is 2.84. The first kappa shape index (κ1) is 21.3. The molecule has 9 nitrogen and oxygen atoms in total. The van der Waals surface area contributed by atoms with Crippen LogP contribution in [0.5, 0.6) is 0 Å². The molecular weight excluding hydrogens is 396 g/mol. The van der Waals surface area contributed by atoms with Crippen LogP contribution < -0.4 is 10.6 Å². The molecule has 11 heteroatoms. The minimum atomic E-state index is -3.97. The van der Waals surface area contributed by atoms with Crippen molar-refractivity contribution in [3.63, 3.8) is 0 Å². The van der Waals surface area contributed by atoms with Crippen molar-refractivity contribution in [3.05, 3.63) is 24.3 Å². The van der Waals surface area contributed by atoms with Crippen LogP contribution >= 0.6 is 0 Å². The summed E-state index contributed by atoms with van der Waals surface area (Å²) in [6, 6.07) is 4.57. The van der Waals surface area contributed by atoms with Gasteiger partial charge in [0.25, 0.3) is 0 Å². The zero-order valence-corrected chi connectivity index (χ0v) is 16.6. The van der Waals surface area contributed by atoms with Crippen LogP contribution in [0, 0.1) is 0 Å². The van der Waals surface area contributed by atoms with E-state index in [0.717, 1.165) is 0 Å². The summed E-state index contributed by atoms with van der Waals surface area (Å²) >= 11 is 0. The zero-order valence-electron chi connectivity index (χ0n) is 15.0. The number of carbonyl (C=O) groups is 2. The van der Waals surface area contributed by atoms with Crippen LogP contribution in [-0.2, 0) is 34.0 Å². The van der Waals surface area contributed by atoms with Crippen molar-refractivity contribution in [3.8, 4) is 0 Å². The molecule has 150 valence electrons. The lowest BCUT2D eigenvalue weighted by molar-refractivity contribution is -0.142. The van der Waals surface area contributed by atoms with Gasteiger partial charge in [0.15, 0.2) is 19.7 Å². The quantitative estimate of drug-likeness (QED) is 0.578. The first-order valence-corrected chi connectivity index (χ1v) is 11.6. The number of anilines is 1. The fraction of sp³-hybridized carbons (Fsp3) is 0.500. The predicted octanol–water partition coefficient (Wildman–Crippen LogP) is -0.263. The molecule has 0 unspecified atom stereocenters. The monoisotopic (exact) mass is 418 g/mol. The van der Waals surface area contributed by atoms with Crippen molar-refractivity contribution in [2.75, 3.05) is 30.0 Å². The van der Waals surface area contributed by atoms with Gasteiger partial charge in [0.1, 0.15) is 0 Å². The van der Waals surface area contributed by atoms with E-state index in [0.29, 0.717) is 5.69 Å². The molecule has 1 aliphatic rings. The number of ether oxygens (including phenoxy) is 1. The van der Waals surface area contributed by atoms with Gasteiger partial charge in [-0.05, 0) is 31.2 Å². The summed E-state index contributed by atoms with van der Waals surface area (Å²) in [4.78, 5) is 22.5. The Morgan fingerprint density at radius 1 is 1.19 bits per heavy atom. The minimum absolute atomic E-state index is 0.0540. The molecule has 0 aliphatic carbocycles. The predicted molar refractivity (Wildman–Crippen MR) is 98.8 cm³/mol. The average Bonchev–Trinajstić information content (AvgIpc) is 2.89. The Morgan fingerprint density at radius 2 is 1.81 bits per heavy atom. The maximum absolute atomic E-state index is 12.9. The largest absolute Gasteiger partial charge is 0.465 e. The fourth-order valence-corrected chi connectivity index (χ4v) is 7.56. The van der Waals surface area contributed by atoms with E-state index in [1.165, 1.54) is 31.2 Å². The third-order valence-electron chi connectivity index (χ3n) is 4.02. The molecule has 1 fully saturated rings. The molecule has 2 N–H and O–H groups in total. The van der Waals surface area contributed by atoms with Crippen LogP contribution in [0.15, 0.2) is 29.2 Å². The number of hydrogen-bond acceptors (Lipinski definition) is 8. The number of esters is 1. The van der Waals surface area contributed by atoms with E-state index in [4.69, 9.17) is 4.74 Å². The maximum Gasteiger partial charge on any atom is 0.319 e. The number of rotatable bonds is 7. The van der Waals surface area contributed by atoms with Gasteiger partial charge in [0.2, 0.25) is 5.91 Å². The molecule has 0 bridgehead atoms. The van der Waals surface area contributed by atoms with Gasteiger partial charge in [-0.25, -0.2) is 16.8 Å². The minimum Gasteiger partial charge on any atom is -0.465 e. The Bertz CT molecular complexity index is 909. The van der Waals surface area contributed by atoms with E-state index in [9.17, 15) is 26.4 Å². The molecule has 2 atom stereocenters. The Morgan fingerprint density at radius 3 is 2.37 bits per heavy atom. The summed E-state index contributed by atoms with van der Waals surface area (Å²) in [6.07, 6.45) is 0. The molecule has 27 heavy (non-hydrogen) atoms. The van der Waals surface area contributed by atoms with Crippen LogP contribution in [0.1, 0.15) is 13.8 Å². The second-order valence-electron chi connectivity index (χ2n) is 6.16. The van der Waals surface area contributed by atoms with E-state index >= 15 is 0 Å². The number of amides is 1. The highest BCUT2D eigenvalue weighted by molar-refractivity contribution is 7.96. The van der Waals surface area contributed by atoms with Crippen molar-refractivity contribution in [1.29, 1.82) is 0 Å². The molecule has 1 heterocycles. The van der Waals surface area contributed by atoms with Crippen LogP contribution in [0.4, 0.5) is 5.69 Å². The van der Waals surface area contributed by atoms with E-state index < -0.39 is 42.7 Å². The Kier molecular flexibility index (Phi) is 6.60. The van der Waals surface area contributed by atoms with Crippen LogP contribution in [0.25, 0.3) is 0 Å². The second kappa shape index (κ2) is 8.36. The highest BCUT2D eigenvalue weighted by atomic mass is 32.2. The van der Waals surface area contributed by atoms with Crippen molar-refractivity contribution < 1.29 is 31.2 Å². The third-order valence-corrected chi connectivity index (χ3v) is 8.18. The van der Waals surface area contributed by atoms with Gasteiger partial charge < -0.3 is 15.4 Å². The lowest BCUT2D eigenvalue weighted by atomic mass is 10.2. The highest BCUT2D eigenvalue weighted by Crippen LogP contribution is 2.26. The summed E-state index contributed by atoms with van der Waals surface area (Å²) in [6.45, 7) is 2.86. The normalized spacial score (nSPS) is 21.6. The zero-order chi connectivity index (χ0) is 20.2. The third kappa shape index (κ3) is 5.50. The van der Waals surface area contributed by atoms with Crippen LogP contribution in [0.2, 0.25) is 0 Å². The molecule has 0 radical (unpaired) electrons. The molecule has 0 saturated carbocycles. The first-order chi connectivity index (χ1) is 12.5. The molecule has 1 aromatic carbocycles. The Balaban J connectivity index is 2.22. The van der Waals surface area contributed by atoms with E-state index in [-0.39, 0.29) is 29.7 Å². The topological polar surface area (TPSA) is 136 Å². The molecule has 2 rings (SSSR count). The summed E-state index contributed by atoms with van der Waals surface area (Å²) in [5.74, 6) is -1.78. The van der Waals surface area contributed by atoms with Crippen LogP contribution in [-0.4, -0.2) is 64.7 Å². The molecule has 1 saturated heterocycles. The second-order valence-corrected chi connectivity index (χ2v) is 10.5. The molecule has 0 aromatic heterocycles. The number of carbonyl (C=O) groups excluding carboxylic acids is 2. The van der Waals surface area contributed by atoms with Gasteiger partial charge in [0.05, 0.1) is 34.8 Å². The number of nitrogens with one attached hydrogen (secondary N) is 2. The van der Waals surface area contributed by atoms with Crippen molar-refractivity contribution in [2.24, 2.45) is 0 Å². The van der Waals surface area contributed by atoms with Gasteiger partial charge >= 0.3 is 5.97 Å². The van der Waals surface area contributed by atoms with Crippen molar-refractivity contribution in [2.45, 2.75) is 30.0 Å². The molecule has 1 aromatic rings. The first-order valence-electron chi connectivity index (χ1n) is 8.26. The molecular formula is C16H22N2O7S2. The van der Waals surface area contributed by atoms with E-state index in [2.05, 4.69) is 10.6 Å². The van der Waals surface area contributed by atoms with E-state index in [1.54, 1.807) is 6.92 Å². The van der Waals surface area contributed by atoms with Gasteiger partial charge in [-0.3, -0.25) is 9.59 Å². The van der Waals surface area contributed by atoms with Crippen molar-refractivity contribution >= 4 is 37.2 Å². The molecule has 1 amide bonds. The number of hydrogen-bond donors (Lipinski definition) is 2. The lowest BCUT2D eigenvalue weighted by Gasteiger charge is -2.19. The summed E-state index contributed by atoms with van der Waals surface area (Å²) in [5, 5.41) is 4.00. The molecule has 0 spiro atoms. The van der Waals surface area contributed by atoms with E-state index in [1.807, 2.05) is 0 Å². The number of sulfone groups is 2. The number of benzene rings is 1. The van der Waals surface area contributed by atoms with Gasteiger partial charge in [-0.2, -0.15) is 0 Å². The standard InChI is InChI=1S/C16H22N2O7S2/c1-3-25-16(20)8-17-14-9-26(21,22)10-15(14)27(23,24)13-6-4-12(5-7-13)18-11(2)19/h4-7,14-15,17H,3,8-10H2,1-2H3,(H,18,19)/t14-,15-/m0/s1. The van der Waals surface area contributed by atoms with Crippen LogP contribution in [0.3, 0.4) is 0 Å². The Hall–Kier alpha value is -1.98. The highest BCUT2D eigenvalue weighted by Gasteiger charge is 2.45. The SMILES string of the molecule is CCOC(=O)CN[C@H]1CS(=O)(=O)C[C@@H]1S(=O)(=O)c1ccc(NC(C)=O)cc1. The summed E-state index contributed by atoms with van der Waals surface area (Å²) in [5.41, 5.74) is 0.428. The summed E-state index contributed by atoms with van der Waals surface area (Å²) in [7, 11) is -7.54. The van der Waals surface area contributed by atoms with Gasteiger partial charge in [0, 0.05) is 18.7 Å². The van der Waals surface area contributed by atoms with Gasteiger partial charge in [-0.1, -0.05) is 0 Å². The lowest BCUT2D eigenvalue weighted by Crippen LogP contribution is -2.45.